The first kappa shape index (κ1) is 31.8. The van der Waals surface area contributed by atoms with Crippen molar-refractivity contribution < 1.29 is 48.2 Å². The molecule has 0 aromatic heterocycles. The number of ether oxygens (including phenoxy) is 6. The van der Waals surface area contributed by atoms with E-state index in [1.165, 1.54) is 14.0 Å². The highest BCUT2D eigenvalue weighted by Gasteiger charge is 2.82. The second kappa shape index (κ2) is 11.3. The lowest BCUT2D eigenvalue weighted by molar-refractivity contribution is -0.281. The molecule has 5 aliphatic rings. The number of carbonyl (C=O) groups excluding carboxylic acids is 2. The van der Waals surface area contributed by atoms with Crippen molar-refractivity contribution in [3.05, 3.63) is 35.9 Å². The summed E-state index contributed by atoms with van der Waals surface area (Å²) >= 11 is 0. The van der Waals surface area contributed by atoms with E-state index in [4.69, 9.17) is 28.4 Å². The van der Waals surface area contributed by atoms with E-state index < -0.39 is 64.8 Å². The van der Waals surface area contributed by atoms with Crippen LogP contribution in [0.15, 0.2) is 30.3 Å². The maximum Gasteiger partial charge on any atom is 0.338 e. The summed E-state index contributed by atoms with van der Waals surface area (Å²) in [6, 6.07) is 8.60. The summed E-state index contributed by atoms with van der Waals surface area (Å²) in [5.74, 6) is -2.53. The number of piperidine rings is 1. The van der Waals surface area contributed by atoms with Crippen molar-refractivity contribution in [1.82, 2.24) is 4.90 Å². The Morgan fingerprint density at radius 1 is 1.00 bits per heavy atom. The molecular weight excluding hydrogens is 570 g/mol. The first-order valence-corrected chi connectivity index (χ1v) is 15.6. The van der Waals surface area contributed by atoms with E-state index in [1.807, 2.05) is 0 Å². The minimum atomic E-state index is -1.77. The first-order chi connectivity index (χ1) is 21.0. The van der Waals surface area contributed by atoms with E-state index in [0.29, 0.717) is 18.7 Å². The smallest absolute Gasteiger partial charge is 0.338 e. The van der Waals surface area contributed by atoms with Gasteiger partial charge in [0, 0.05) is 77.5 Å². The second-order valence-electron chi connectivity index (χ2n) is 14.0. The Morgan fingerprint density at radius 2 is 1.73 bits per heavy atom. The van der Waals surface area contributed by atoms with Crippen molar-refractivity contribution in [3.63, 3.8) is 0 Å². The van der Waals surface area contributed by atoms with Gasteiger partial charge in [0.05, 0.1) is 24.4 Å². The number of methoxy groups -OCH3 is 4. The Bertz CT molecular complexity index is 1250. The fourth-order valence-corrected chi connectivity index (χ4v) is 11.1. The number of hydrogen-bond acceptors (Lipinski definition) is 11. The number of esters is 2. The van der Waals surface area contributed by atoms with Crippen molar-refractivity contribution in [2.75, 3.05) is 55.2 Å². The number of likely N-dealkylation sites (tertiary alicyclic amines) is 1. The van der Waals surface area contributed by atoms with Crippen LogP contribution in [0, 0.1) is 28.6 Å². The molecule has 5 fully saturated rings. The summed E-state index contributed by atoms with van der Waals surface area (Å²) in [6.07, 6.45) is -2.66. The third-order valence-electron chi connectivity index (χ3n) is 11.9. The molecule has 0 amide bonds. The number of hydrogen-bond donors (Lipinski definition) is 2. The molecule has 1 aromatic rings. The number of fused-ring (bicyclic) bond motifs is 1. The molecule has 44 heavy (non-hydrogen) atoms. The number of aliphatic hydroxyl groups excluding tert-OH is 1. The standard InChI is InChI=1S/C33H47NO10/c1-19(35)44-33-15-22(40-4)25-30(18-39-3)13-12-23(41-5)31(25,17-34(2)16-30)21-14-32(38,28(42-6)26(33)36)27(24(21)33)43-29(37)20-10-8-7-9-11-20/h7-11,21-28,36,38H,12-18H2,1-6H3. The van der Waals surface area contributed by atoms with E-state index >= 15 is 0 Å². The van der Waals surface area contributed by atoms with Gasteiger partial charge in [0.2, 0.25) is 0 Å². The van der Waals surface area contributed by atoms with Crippen LogP contribution in [0.5, 0.6) is 0 Å². The molecule has 12 atom stereocenters. The SMILES string of the molecule is COCC12CCC(OC)C3(CN(C)C1)C1CC4(O)C(OC)C(O)C(OC(C)=O)(CC(OC)C23)C1C4OC(=O)c1ccccc1. The summed E-state index contributed by atoms with van der Waals surface area (Å²) in [6.45, 7) is 3.18. The highest BCUT2D eigenvalue weighted by atomic mass is 16.6. The quantitative estimate of drug-likeness (QED) is 0.413. The van der Waals surface area contributed by atoms with Crippen LogP contribution in [0.1, 0.15) is 43.0 Å². The molecule has 1 aromatic carbocycles. The monoisotopic (exact) mass is 617 g/mol. The Morgan fingerprint density at radius 3 is 2.34 bits per heavy atom. The van der Waals surface area contributed by atoms with Crippen molar-refractivity contribution in [3.8, 4) is 0 Å². The number of rotatable bonds is 8. The van der Waals surface area contributed by atoms with E-state index in [9.17, 15) is 19.8 Å². The molecular formula is C33H47NO10. The summed E-state index contributed by atoms with van der Waals surface area (Å²) in [5, 5.41) is 24.9. The fourth-order valence-electron chi connectivity index (χ4n) is 11.1. The Balaban J connectivity index is 1.62. The molecule has 4 bridgehead atoms. The maximum atomic E-state index is 13.7. The Hall–Kier alpha value is -2.12. The predicted molar refractivity (Wildman–Crippen MR) is 157 cm³/mol. The molecule has 1 saturated heterocycles. The van der Waals surface area contributed by atoms with Crippen molar-refractivity contribution >= 4 is 11.9 Å². The van der Waals surface area contributed by atoms with Gasteiger partial charge in [-0.2, -0.15) is 0 Å². The van der Waals surface area contributed by atoms with Gasteiger partial charge >= 0.3 is 11.9 Å². The summed E-state index contributed by atoms with van der Waals surface area (Å²) < 4.78 is 37.1. The number of carbonyl (C=O) groups is 2. The molecule has 4 saturated carbocycles. The molecule has 2 N–H and O–H groups in total. The summed E-state index contributed by atoms with van der Waals surface area (Å²) in [5.41, 5.74) is -4.01. The van der Waals surface area contributed by atoms with Crippen LogP contribution in [-0.2, 0) is 33.2 Å². The molecule has 0 spiro atoms. The minimum absolute atomic E-state index is 0.124. The average Bonchev–Trinajstić information content (AvgIpc) is 3.19. The van der Waals surface area contributed by atoms with Crippen LogP contribution in [0.4, 0.5) is 0 Å². The van der Waals surface area contributed by atoms with Crippen LogP contribution in [0.2, 0.25) is 0 Å². The zero-order valence-corrected chi connectivity index (χ0v) is 26.6. The molecule has 6 rings (SSSR count). The first-order valence-electron chi connectivity index (χ1n) is 15.6. The van der Waals surface area contributed by atoms with E-state index in [0.717, 1.165) is 19.4 Å². The minimum Gasteiger partial charge on any atom is -0.456 e. The van der Waals surface area contributed by atoms with E-state index in [1.54, 1.807) is 51.7 Å². The average molecular weight is 618 g/mol. The third kappa shape index (κ3) is 4.27. The van der Waals surface area contributed by atoms with Gasteiger partial charge in [-0.1, -0.05) is 18.2 Å². The van der Waals surface area contributed by atoms with Gasteiger partial charge in [0.25, 0.3) is 0 Å². The van der Waals surface area contributed by atoms with Crippen LogP contribution < -0.4 is 0 Å². The molecule has 4 aliphatic carbocycles. The largest absolute Gasteiger partial charge is 0.456 e. The van der Waals surface area contributed by atoms with Gasteiger partial charge in [-0.15, -0.1) is 0 Å². The van der Waals surface area contributed by atoms with Crippen LogP contribution >= 0.6 is 0 Å². The molecule has 11 heteroatoms. The molecule has 244 valence electrons. The summed E-state index contributed by atoms with van der Waals surface area (Å²) in [4.78, 5) is 29.0. The second-order valence-corrected chi connectivity index (χ2v) is 14.0. The van der Waals surface area contributed by atoms with Crippen LogP contribution in [0.25, 0.3) is 0 Å². The highest BCUT2D eigenvalue weighted by molar-refractivity contribution is 5.89. The van der Waals surface area contributed by atoms with E-state index in [2.05, 4.69) is 11.9 Å². The Kier molecular flexibility index (Phi) is 8.17. The summed E-state index contributed by atoms with van der Waals surface area (Å²) in [7, 11) is 8.58. The van der Waals surface area contributed by atoms with Gasteiger partial charge in [-0.25, -0.2) is 4.79 Å². The molecule has 1 heterocycles. The van der Waals surface area contributed by atoms with Gasteiger partial charge < -0.3 is 43.5 Å². The molecule has 1 aliphatic heterocycles. The van der Waals surface area contributed by atoms with Crippen molar-refractivity contribution in [2.45, 2.75) is 74.3 Å². The Labute approximate surface area is 259 Å². The topological polar surface area (TPSA) is 133 Å². The number of aliphatic hydroxyl groups is 2. The molecule has 0 radical (unpaired) electrons. The zero-order valence-electron chi connectivity index (χ0n) is 26.6. The van der Waals surface area contributed by atoms with Gasteiger partial charge in [-0.05, 0) is 44.4 Å². The predicted octanol–water partition coefficient (Wildman–Crippen LogP) is 1.68. The molecule has 11 nitrogen and oxygen atoms in total. The van der Waals surface area contributed by atoms with Crippen LogP contribution in [0.3, 0.4) is 0 Å². The highest BCUT2D eigenvalue weighted by Crippen LogP contribution is 2.72. The van der Waals surface area contributed by atoms with Crippen molar-refractivity contribution in [1.29, 1.82) is 0 Å². The third-order valence-corrected chi connectivity index (χ3v) is 11.9. The lowest BCUT2D eigenvalue weighted by atomic mass is 9.45. The van der Waals surface area contributed by atoms with Gasteiger partial charge in [0.1, 0.15) is 29.5 Å². The number of nitrogens with zero attached hydrogens (tertiary/aromatic N) is 1. The zero-order chi connectivity index (χ0) is 31.7. The fraction of sp³-hybridized carbons (Fsp3) is 0.758. The van der Waals surface area contributed by atoms with Crippen molar-refractivity contribution in [2.24, 2.45) is 28.6 Å². The molecule has 12 unspecified atom stereocenters. The lowest BCUT2D eigenvalue weighted by Gasteiger charge is -2.66. The van der Waals surface area contributed by atoms with Crippen LogP contribution in [-0.4, -0.2) is 124 Å². The van der Waals surface area contributed by atoms with Gasteiger partial charge in [-0.3, -0.25) is 4.79 Å². The normalized spacial score (nSPS) is 46.1. The van der Waals surface area contributed by atoms with E-state index in [-0.39, 0.29) is 30.3 Å². The number of benzene rings is 1. The lowest BCUT2D eigenvalue weighted by Crippen LogP contribution is -2.72. The maximum absolute atomic E-state index is 13.7. The van der Waals surface area contributed by atoms with Gasteiger partial charge in [0.15, 0.2) is 0 Å².